The SMILES string of the molecule is COc1ccc(C(N)=Nc2c[nH]c3ncc(Br)c(F)c23)cc1F. The molecule has 118 valence electrons. The number of H-pyrrole nitrogens is 1. The molecule has 1 aromatic carbocycles. The highest BCUT2D eigenvalue weighted by molar-refractivity contribution is 9.10. The van der Waals surface area contributed by atoms with Crippen molar-refractivity contribution in [2.75, 3.05) is 7.11 Å². The number of halogens is 3. The fraction of sp³-hybridized carbons (Fsp3) is 0.0667. The quantitative estimate of drug-likeness (QED) is 0.537. The lowest BCUT2D eigenvalue weighted by atomic mass is 10.2. The Morgan fingerprint density at radius 2 is 2.17 bits per heavy atom. The van der Waals surface area contributed by atoms with Crippen LogP contribution in [0.25, 0.3) is 11.0 Å². The number of hydrogen-bond donors (Lipinski definition) is 2. The van der Waals surface area contributed by atoms with Gasteiger partial charge < -0.3 is 15.5 Å². The molecular formula is C15H11BrF2N4O. The number of aromatic amines is 1. The Kier molecular flexibility index (Phi) is 3.99. The van der Waals surface area contributed by atoms with Gasteiger partial charge in [0.05, 0.1) is 22.7 Å². The van der Waals surface area contributed by atoms with Crippen molar-refractivity contribution in [3.63, 3.8) is 0 Å². The van der Waals surface area contributed by atoms with Gasteiger partial charge in [0, 0.05) is 18.0 Å². The molecule has 3 aromatic rings. The first-order valence-corrected chi connectivity index (χ1v) is 7.29. The number of methoxy groups -OCH3 is 1. The summed E-state index contributed by atoms with van der Waals surface area (Å²) in [6.45, 7) is 0. The lowest BCUT2D eigenvalue weighted by Crippen LogP contribution is -2.13. The Labute approximate surface area is 138 Å². The minimum Gasteiger partial charge on any atom is -0.494 e. The molecule has 23 heavy (non-hydrogen) atoms. The summed E-state index contributed by atoms with van der Waals surface area (Å²) in [7, 11) is 1.37. The van der Waals surface area contributed by atoms with Crippen LogP contribution in [0.3, 0.4) is 0 Å². The first kappa shape index (κ1) is 15.4. The highest BCUT2D eigenvalue weighted by Gasteiger charge is 2.14. The van der Waals surface area contributed by atoms with Gasteiger partial charge in [0.2, 0.25) is 0 Å². The van der Waals surface area contributed by atoms with E-state index >= 15 is 0 Å². The monoisotopic (exact) mass is 380 g/mol. The zero-order valence-corrected chi connectivity index (χ0v) is 13.5. The molecule has 0 aliphatic carbocycles. The van der Waals surface area contributed by atoms with Crippen molar-refractivity contribution in [3.8, 4) is 5.75 Å². The molecule has 8 heteroatoms. The van der Waals surface area contributed by atoms with Crippen LogP contribution in [0.5, 0.6) is 5.75 Å². The molecule has 0 amide bonds. The second-order valence-electron chi connectivity index (χ2n) is 4.66. The van der Waals surface area contributed by atoms with Gasteiger partial charge in [-0.05, 0) is 34.1 Å². The van der Waals surface area contributed by atoms with Crippen LogP contribution < -0.4 is 10.5 Å². The molecule has 3 rings (SSSR count). The Balaban J connectivity index is 2.08. The predicted molar refractivity (Wildman–Crippen MR) is 87.1 cm³/mol. The summed E-state index contributed by atoms with van der Waals surface area (Å²) in [5.74, 6) is -0.902. The summed E-state index contributed by atoms with van der Waals surface area (Å²) in [6.07, 6.45) is 2.84. The van der Waals surface area contributed by atoms with Crippen molar-refractivity contribution >= 4 is 38.5 Å². The van der Waals surface area contributed by atoms with Crippen LogP contribution in [0.15, 0.2) is 40.1 Å². The highest BCUT2D eigenvalue weighted by atomic mass is 79.9. The summed E-state index contributed by atoms with van der Waals surface area (Å²) >= 11 is 3.08. The molecule has 0 aliphatic rings. The number of pyridine rings is 1. The average Bonchev–Trinajstić information content (AvgIpc) is 2.94. The summed E-state index contributed by atoms with van der Waals surface area (Å²) in [6, 6.07) is 4.22. The zero-order chi connectivity index (χ0) is 16.6. The summed E-state index contributed by atoms with van der Waals surface area (Å²) in [5, 5.41) is 0.205. The molecule has 0 bridgehead atoms. The Morgan fingerprint density at radius 3 is 2.87 bits per heavy atom. The van der Waals surface area contributed by atoms with Crippen LogP contribution >= 0.6 is 15.9 Å². The molecule has 0 spiro atoms. The molecule has 0 aliphatic heterocycles. The van der Waals surface area contributed by atoms with Crippen LogP contribution in [-0.2, 0) is 0 Å². The number of nitrogens with one attached hydrogen (secondary N) is 1. The van der Waals surface area contributed by atoms with Crippen molar-refractivity contribution in [1.29, 1.82) is 0 Å². The lowest BCUT2D eigenvalue weighted by Gasteiger charge is -2.05. The van der Waals surface area contributed by atoms with Crippen molar-refractivity contribution in [2.24, 2.45) is 10.7 Å². The Bertz CT molecular complexity index is 923. The minimum atomic E-state index is -0.558. The maximum Gasteiger partial charge on any atom is 0.165 e. The van der Waals surface area contributed by atoms with Gasteiger partial charge >= 0.3 is 0 Å². The van der Waals surface area contributed by atoms with Crippen LogP contribution in [0.4, 0.5) is 14.5 Å². The van der Waals surface area contributed by atoms with Crippen LogP contribution in [-0.4, -0.2) is 22.9 Å². The third-order valence-electron chi connectivity index (χ3n) is 3.26. The number of ether oxygens (including phenoxy) is 1. The van der Waals surface area contributed by atoms with E-state index in [1.807, 2.05) is 0 Å². The summed E-state index contributed by atoms with van der Waals surface area (Å²) < 4.78 is 33.0. The maximum absolute atomic E-state index is 14.2. The lowest BCUT2D eigenvalue weighted by molar-refractivity contribution is 0.386. The number of hydrogen-bond acceptors (Lipinski definition) is 3. The van der Waals surface area contributed by atoms with E-state index in [1.54, 1.807) is 6.07 Å². The van der Waals surface area contributed by atoms with Crippen LogP contribution in [0.2, 0.25) is 0 Å². The van der Waals surface area contributed by atoms with E-state index in [2.05, 4.69) is 30.9 Å². The molecule has 0 fully saturated rings. The number of benzene rings is 1. The molecule has 2 heterocycles. The number of aliphatic imine (C=N–C) groups is 1. The minimum absolute atomic E-state index is 0.0480. The third kappa shape index (κ3) is 2.77. The largest absolute Gasteiger partial charge is 0.494 e. The van der Waals surface area contributed by atoms with E-state index in [0.29, 0.717) is 11.2 Å². The standard InChI is InChI=1S/C15H11BrF2N4O/c1-23-11-3-2-7(4-9(11)17)14(19)22-10-6-21-15-12(10)13(18)8(16)5-20-15/h2-6H,1H3,(H2,19,22)(H,20,21). The van der Waals surface area contributed by atoms with E-state index in [1.165, 1.54) is 31.6 Å². The third-order valence-corrected chi connectivity index (χ3v) is 3.82. The average molecular weight is 381 g/mol. The number of fused-ring (bicyclic) bond motifs is 1. The maximum atomic E-state index is 14.2. The van der Waals surface area contributed by atoms with Gasteiger partial charge in [-0.15, -0.1) is 0 Å². The van der Waals surface area contributed by atoms with E-state index in [0.717, 1.165) is 0 Å². The van der Waals surface area contributed by atoms with Crippen molar-refractivity contribution in [3.05, 3.63) is 52.3 Å². The first-order chi connectivity index (χ1) is 11.0. The van der Waals surface area contributed by atoms with E-state index < -0.39 is 11.6 Å². The van der Waals surface area contributed by atoms with Gasteiger partial charge in [-0.3, -0.25) is 0 Å². The highest BCUT2D eigenvalue weighted by Crippen LogP contribution is 2.31. The number of nitrogens with zero attached hydrogens (tertiary/aromatic N) is 2. The molecule has 3 N–H and O–H groups in total. The van der Waals surface area contributed by atoms with E-state index in [4.69, 9.17) is 10.5 Å². The topological polar surface area (TPSA) is 76.3 Å². The molecule has 5 nitrogen and oxygen atoms in total. The zero-order valence-electron chi connectivity index (χ0n) is 11.9. The molecule has 2 aromatic heterocycles. The number of amidine groups is 1. The molecule has 0 saturated heterocycles. The van der Waals surface area contributed by atoms with Crippen molar-refractivity contribution < 1.29 is 13.5 Å². The van der Waals surface area contributed by atoms with Crippen molar-refractivity contribution in [1.82, 2.24) is 9.97 Å². The Morgan fingerprint density at radius 1 is 1.39 bits per heavy atom. The van der Waals surface area contributed by atoms with Gasteiger partial charge in [-0.25, -0.2) is 18.8 Å². The van der Waals surface area contributed by atoms with E-state index in [9.17, 15) is 8.78 Å². The van der Waals surface area contributed by atoms with Gasteiger partial charge in [-0.2, -0.15) is 0 Å². The predicted octanol–water partition coefficient (Wildman–Crippen LogP) is 3.65. The van der Waals surface area contributed by atoms with Gasteiger partial charge in [0.25, 0.3) is 0 Å². The van der Waals surface area contributed by atoms with Crippen molar-refractivity contribution in [2.45, 2.75) is 0 Å². The van der Waals surface area contributed by atoms with Crippen LogP contribution in [0, 0.1) is 11.6 Å². The van der Waals surface area contributed by atoms with Crippen LogP contribution in [0.1, 0.15) is 5.56 Å². The first-order valence-electron chi connectivity index (χ1n) is 6.50. The number of aromatic nitrogens is 2. The second kappa shape index (κ2) is 5.96. The molecule has 0 radical (unpaired) electrons. The summed E-state index contributed by atoms with van der Waals surface area (Å²) in [5.41, 5.74) is 6.89. The fourth-order valence-corrected chi connectivity index (χ4v) is 2.43. The van der Waals surface area contributed by atoms with E-state index in [-0.39, 0.29) is 27.1 Å². The summed E-state index contributed by atoms with van der Waals surface area (Å²) in [4.78, 5) is 11.0. The normalized spacial score (nSPS) is 11.9. The molecule has 0 saturated carbocycles. The van der Waals surface area contributed by atoms with Gasteiger partial charge in [0.15, 0.2) is 17.4 Å². The smallest absolute Gasteiger partial charge is 0.165 e. The molecule has 0 unspecified atom stereocenters. The Hall–Kier alpha value is -2.48. The van der Waals surface area contributed by atoms with Gasteiger partial charge in [0.1, 0.15) is 11.5 Å². The second-order valence-corrected chi connectivity index (χ2v) is 5.52. The van der Waals surface area contributed by atoms with Gasteiger partial charge in [-0.1, -0.05) is 0 Å². The number of rotatable bonds is 3. The number of nitrogens with two attached hydrogens (primary N) is 1. The molecule has 0 atom stereocenters. The fourth-order valence-electron chi connectivity index (χ4n) is 2.13. The molecular weight excluding hydrogens is 370 g/mol.